The van der Waals surface area contributed by atoms with E-state index in [-0.39, 0.29) is 5.82 Å². The number of nitrogens with one attached hydrogen (secondary N) is 1. The van der Waals surface area contributed by atoms with Gasteiger partial charge in [-0.25, -0.2) is 9.37 Å². The lowest BCUT2D eigenvalue weighted by Gasteiger charge is -2.09. The zero-order valence-corrected chi connectivity index (χ0v) is 12.7. The largest absolute Gasteiger partial charge is 0.377 e. The molecule has 2 aromatic heterocycles. The van der Waals surface area contributed by atoms with Gasteiger partial charge in [-0.05, 0) is 28.1 Å². The summed E-state index contributed by atoms with van der Waals surface area (Å²) in [6.45, 7) is 0.526. The highest BCUT2D eigenvalue weighted by Crippen LogP contribution is 2.32. The molecule has 0 saturated heterocycles. The van der Waals surface area contributed by atoms with Crippen LogP contribution < -0.4 is 5.32 Å². The molecule has 3 nitrogen and oxygen atoms in total. The van der Waals surface area contributed by atoms with E-state index in [4.69, 9.17) is 11.6 Å². The summed E-state index contributed by atoms with van der Waals surface area (Å²) in [6, 6.07) is 2.65. The van der Waals surface area contributed by atoms with Crippen LogP contribution in [0.3, 0.4) is 0 Å². The number of benzene rings is 1. The summed E-state index contributed by atoms with van der Waals surface area (Å²) < 4.78 is 15.7. The minimum atomic E-state index is -0.370. The molecule has 3 aromatic rings. The number of thiazole rings is 1. The molecule has 1 aromatic carbocycles. The summed E-state index contributed by atoms with van der Waals surface area (Å²) in [5, 5.41) is 5.48. The monoisotopic (exact) mass is 359 g/mol. The van der Waals surface area contributed by atoms with E-state index in [2.05, 4.69) is 26.2 Å². The van der Waals surface area contributed by atoms with E-state index < -0.39 is 0 Å². The SMILES string of the molecule is Fc1cc(Cl)c(NCc2cn3ccsc3n2)c(Br)c1. The quantitative estimate of drug-likeness (QED) is 0.742. The van der Waals surface area contributed by atoms with Crippen molar-refractivity contribution in [1.29, 1.82) is 0 Å². The second-order valence-corrected chi connectivity index (χ2v) is 6.06. The number of imidazole rings is 1. The highest BCUT2D eigenvalue weighted by atomic mass is 79.9. The van der Waals surface area contributed by atoms with Gasteiger partial charge in [0, 0.05) is 22.2 Å². The van der Waals surface area contributed by atoms with Crippen LogP contribution in [0.4, 0.5) is 10.1 Å². The molecule has 19 heavy (non-hydrogen) atoms. The first-order valence-corrected chi connectivity index (χ1v) is 7.48. The highest BCUT2D eigenvalue weighted by molar-refractivity contribution is 9.10. The molecule has 0 unspecified atom stereocenters. The normalized spacial score (nSPS) is 11.1. The van der Waals surface area contributed by atoms with E-state index in [0.29, 0.717) is 21.7 Å². The van der Waals surface area contributed by atoms with Crippen molar-refractivity contribution < 1.29 is 4.39 Å². The van der Waals surface area contributed by atoms with Crippen LogP contribution in [0, 0.1) is 5.82 Å². The molecule has 0 spiro atoms. The van der Waals surface area contributed by atoms with Crippen LogP contribution in [0.5, 0.6) is 0 Å². The van der Waals surface area contributed by atoms with Crippen molar-refractivity contribution in [2.45, 2.75) is 6.54 Å². The van der Waals surface area contributed by atoms with Gasteiger partial charge in [0.25, 0.3) is 0 Å². The number of hydrogen-bond donors (Lipinski definition) is 1. The van der Waals surface area contributed by atoms with Gasteiger partial charge in [-0.15, -0.1) is 11.3 Å². The lowest BCUT2D eigenvalue weighted by Crippen LogP contribution is -2.01. The molecule has 7 heteroatoms. The van der Waals surface area contributed by atoms with Crippen LogP contribution in [0.25, 0.3) is 4.96 Å². The molecule has 0 aliphatic carbocycles. The molecular weight excluding hydrogens is 353 g/mol. The van der Waals surface area contributed by atoms with Crippen LogP contribution in [-0.2, 0) is 6.54 Å². The third-order valence-corrected chi connectivity index (χ3v) is 4.29. The van der Waals surface area contributed by atoms with Gasteiger partial charge in [-0.3, -0.25) is 4.40 Å². The average Bonchev–Trinajstić information content (AvgIpc) is 2.87. The van der Waals surface area contributed by atoms with Crippen LogP contribution in [0.2, 0.25) is 5.02 Å². The van der Waals surface area contributed by atoms with E-state index in [9.17, 15) is 4.39 Å². The third-order valence-electron chi connectivity index (χ3n) is 2.60. The molecule has 0 atom stereocenters. The summed E-state index contributed by atoms with van der Waals surface area (Å²) in [6.07, 6.45) is 3.90. The van der Waals surface area contributed by atoms with Crippen LogP contribution >= 0.6 is 38.9 Å². The lowest BCUT2D eigenvalue weighted by molar-refractivity contribution is 0.627. The van der Waals surface area contributed by atoms with Gasteiger partial charge in [-0.1, -0.05) is 11.6 Å². The van der Waals surface area contributed by atoms with Gasteiger partial charge in [0.2, 0.25) is 0 Å². The number of nitrogens with zero attached hydrogens (tertiary/aromatic N) is 2. The number of halogens is 3. The topological polar surface area (TPSA) is 29.3 Å². The molecule has 0 aliphatic heterocycles. The second kappa shape index (κ2) is 5.11. The molecule has 1 N–H and O–H groups in total. The van der Waals surface area contributed by atoms with E-state index in [1.807, 2.05) is 22.2 Å². The first-order chi connectivity index (χ1) is 9.13. The second-order valence-electron chi connectivity index (χ2n) is 3.92. The molecular formula is C12H8BrClFN3S. The maximum Gasteiger partial charge on any atom is 0.193 e. The van der Waals surface area contributed by atoms with Gasteiger partial charge in [-0.2, -0.15) is 0 Å². The predicted molar refractivity (Wildman–Crippen MR) is 79.5 cm³/mol. The Morgan fingerprint density at radius 2 is 2.32 bits per heavy atom. The lowest BCUT2D eigenvalue weighted by atomic mass is 10.3. The maximum atomic E-state index is 13.1. The summed E-state index contributed by atoms with van der Waals surface area (Å²) in [7, 11) is 0. The molecule has 0 amide bonds. The number of fused-ring (bicyclic) bond motifs is 1. The molecule has 2 heterocycles. The number of hydrogen-bond acceptors (Lipinski definition) is 3. The predicted octanol–water partition coefficient (Wildman–Crippen LogP) is 4.56. The zero-order chi connectivity index (χ0) is 13.4. The summed E-state index contributed by atoms with van der Waals surface area (Å²) in [4.78, 5) is 5.40. The zero-order valence-electron chi connectivity index (χ0n) is 9.53. The third kappa shape index (κ3) is 2.61. The fourth-order valence-corrected chi connectivity index (χ4v) is 3.43. The molecule has 0 aliphatic rings. The Morgan fingerprint density at radius 1 is 1.47 bits per heavy atom. The highest BCUT2D eigenvalue weighted by Gasteiger charge is 2.09. The van der Waals surface area contributed by atoms with E-state index >= 15 is 0 Å². The Balaban J connectivity index is 1.81. The Hall–Kier alpha value is -1.11. The molecule has 0 saturated carbocycles. The molecule has 3 rings (SSSR count). The van der Waals surface area contributed by atoms with Crippen molar-refractivity contribution in [2.24, 2.45) is 0 Å². The van der Waals surface area contributed by atoms with E-state index in [1.165, 1.54) is 12.1 Å². The Bertz CT molecular complexity index is 688. The maximum absolute atomic E-state index is 13.1. The molecule has 0 bridgehead atoms. The van der Waals surface area contributed by atoms with E-state index in [0.717, 1.165) is 10.7 Å². The molecule has 0 radical (unpaired) electrons. The van der Waals surface area contributed by atoms with Gasteiger partial charge in [0.15, 0.2) is 4.96 Å². The fourth-order valence-electron chi connectivity index (χ4n) is 1.75. The first-order valence-electron chi connectivity index (χ1n) is 5.43. The standard InChI is InChI=1S/C12H8BrClFN3S/c13-9-3-7(15)4-10(14)11(9)16-5-8-6-18-1-2-19-12(18)17-8/h1-4,6,16H,5H2. The summed E-state index contributed by atoms with van der Waals surface area (Å²) in [5.74, 6) is -0.370. The average molecular weight is 361 g/mol. The minimum absolute atomic E-state index is 0.341. The molecule has 0 fully saturated rings. The van der Waals surface area contributed by atoms with Crippen molar-refractivity contribution >= 4 is 49.5 Å². The van der Waals surface area contributed by atoms with Crippen LogP contribution in [-0.4, -0.2) is 9.38 Å². The number of aromatic nitrogens is 2. The minimum Gasteiger partial charge on any atom is -0.377 e. The van der Waals surface area contributed by atoms with Crippen molar-refractivity contribution in [3.8, 4) is 0 Å². The van der Waals surface area contributed by atoms with Gasteiger partial charge in [0.1, 0.15) is 5.82 Å². The van der Waals surface area contributed by atoms with Crippen molar-refractivity contribution in [2.75, 3.05) is 5.32 Å². The molecule has 98 valence electrons. The van der Waals surface area contributed by atoms with Crippen LogP contribution in [0.15, 0.2) is 34.4 Å². The van der Waals surface area contributed by atoms with Crippen molar-refractivity contribution in [3.63, 3.8) is 0 Å². The van der Waals surface area contributed by atoms with Crippen molar-refractivity contribution in [1.82, 2.24) is 9.38 Å². The van der Waals surface area contributed by atoms with Gasteiger partial charge < -0.3 is 5.32 Å². The first kappa shape index (κ1) is 12.9. The van der Waals surface area contributed by atoms with Crippen LogP contribution in [0.1, 0.15) is 5.69 Å². The van der Waals surface area contributed by atoms with Gasteiger partial charge in [0.05, 0.1) is 22.9 Å². The van der Waals surface area contributed by atoms with E-state index in [1.54, 1.807) is 11.3 Å². The number of rotatable bonds is 3. The smallest absolute Gasteiger partial charge is 0.193 e. The Kier molecular flexibility index (Phi) is 3.47. The van der Waals surface area contributed by atoms with Crippen molar-refractivity contribution in [3.05, 3.63) is 50.9 Å². The Morgan fingerprint density at radius 3 is 3.05 bits per heavy atom. The Labute approximate surface area is 126 Å². The summed E-state index contributed by atoms with van der Waals surface area (Å²) >= 11 is 10.9. The number of anilines is 1. The fraction of sp³-hybridized carbons (Fsp3) is 0.0833. The van der Waals surface area contributed by atoms with Gasteiger partial charge >= 0.3 is 0 Å². The summed E-state index contributed by atoms with van der Waals surface area (Å²) in [5.41, 5.74) is 1.57.